The Balaban J connectivity index is 1.76. The lowest BCUT2D eigenvalue weighted by Gasteiger charge is -2.30. The number of hydrogen-bond donors (Lipinski definition) is 1. The van der Waals surface area contributed by atoms with Gasteiger partial charge in [0.2, 0.25) is 0 Å². The van der Waals surface area contributed by atoms with Gasteiger partial charge >= 0.3 is 6.09 Å². The molecule has 2 atom stereocenters. The number of hydrogen-bond acceptors (Lipinski definition) is 3. The minimum Gasteiger partial charge on any atom is -0.444 e. The largest absolute Gasteiger partial charge is 0.444 e. The Bertz CT molecular complexity index is 716. The molecule has 1 spiro atoms. The minimum atomic E-state index is -0.593. The smallest absolute Gasteiger partial charge is 0.410 e. The van der Waals surface area contributed by atoms with Gasteiger partial charge in [0, 0.05) is 18.0 Å². The lowest BCUT2D eigenvalue weighted by atomic mass is 9.93. The molecule has 4 nitrogen and oxygen atoms in total. The first kappa shape index (κ1) is 19.5. The summed E-state index contributed by atoms with van der Waals surface area (Å²) in [5, 5.41) is 0. The maximum absolute atomic E-state index is 14.2. The number of ether oxygens (including phenoxy) is 1. The van der Waals surface area contributed by atoms with Gasteiger partial charge in [-0.05, 0) is 80.1 Å². The number of likely N-dealkylation sites (tertiary alicyclic amines) is 1. The van der Waals surface area contributed by atoms with Crippen LogP contribution in [0.15, 0.2) is 16.6 Å². The fourth-order valence-corrected chi connectivity index (χ4v) is 4.24. The summed E-state index contributed by atoms with van der Waals surface area (Å²) in [6.07, 6.45) is 2.36. The van der Waals surface area contributed by atoms with Gasteiger partial charge < -0.3 is 15.4 Å². The van der Waals surface area contributed by atoms with Crippen LogP contribution in [0.25, 0.3) is 0 Å². The van der Waals surface area contributed by atoms with E-state index in [1.54, 1.807) is 4.90 Å². The van der Waals surface area contributed by atoms with Gasteiger partial charge in [-0.1, -0.05) is 0 Å². The number of rotatable bonds is 3. The van der Waals surface area contributed by atoms with Crippen molar-refractivity contribution in [3.05, 3.63) is 33.8 Å². The lowest BCUT2D eigenvalue weighted by Crippen LogP contribution is -2.45. The Morgan fingerprint density at radius 1 is 1.38 bits per heavy atom. The van der Waals surface area contributed by atoms with E-state index in [0.717, 1.165) is 18.9 Å². The van der Waals surface area contributed by atoms with Gasteiger partial charge in [0.25, 0.3) is 0 Å². The van der Waals surface area contributed by atoms with Crippen LogP contribution < -0.4 is 5.73 Å². The van der Waals surface area contributed by atoms with E-state index in [-0.39, 0.29) is 33.6 Å². The topological polar surface area (TPSA) is 55.6 Å². The molecule has 1 aromatic carbocycles. The van der Waals surface area contributed by atoms with Gasteiger partial charge in [-0.3, -0.25) is 0 Å². The molecule has 7 heteroatoms. The summed E-state index contributed by atoms with van der Waals surface area (Å²) < 4.78 is 33.5. The molecule has 144 valence electrons. The van der Waals surface area contributed by atoms with Crippen LogP contribution >= 0.6 is 15.9 Å². The highest BCUT2D eigenvalue weighted by Crippen LogP contribution is 2.54. The minimum absolute atomic E-state index is 0.0391. The zero-order chi connectivity index (χ0) is 19.3. The van der Waals surface area contributed by atoms with E-state index in [1.807, 2.05) is 20.8 Å². The van der Waals surface area contributed by atoms with Crippen LogP contribution in [0, 0.1) is 17.0 Å². The van der Waals surface area contributed by atoms with E-state index < -0.39 is 17.2 Å². The molecular weight excluding hydrogens is 406 g/mol. The van der Waals surface area contributed by atoms with Crippen LogP contribution in [0.1, 0.15) is 45.6 Å². The third-order valence-corrected chi connectivity index (χ3v) is 5.88. The summed E-state index contributed by atoms with van der Waals surface area (Å²) in [7, 11) is 0. The van der Waals surface area contributed by atoms with E-state index in [0.29, 0.717) is 19.4 Å². The molecule has 0 bridgehead atoms. The highest BCUT2D eigenvalue weighted by Gasteiger charge is 2.59. The zero-order valence-corrected chi connectivity index (χ0v) is 16.9. The zero-order valence-electron chi connectivity index (χ0n) is 15.3. The summed E-state index contributed by atoms with van der Waals surface area (Å²) in [5.41, 5.74) is 6.10. The van der Waals surface area contributed by atoms with Gasteiger partial charge in [0.1, 0.15) is 17.2 Å². The van der Waals surface area contributed by atoms with Crippen molar-refractivity contribution in [3.63, 3.8) is 0 Å². The molecule has 3 rings (SSSR count). The maximum Gasteiger partial charge on any atom is 0.410 e. The molecule has 1 aliphatic heterocycles. The number of nitrogens with two attached hydrogens (primary N) is 1. The molecule has 1 amide bonds. The molecule has 0 radical (unpaired) electrons. The highest BCUT2D eigenvalue weighted by molar-refractivity contribution is 9.10. The van der Waals surface area contributed by atoms with Gasteiger partial charge in [-0.25, -0.2) is 13.6 Å². The second-order valence-electron chi connectivity index (χ2n) is 8.46. The third kappa shape index (κ3) is 3.88. The summed E-state index contributed by atoms with van der Waals surface area (Å²) in [4.78, 5) is 14.3. The van der Waals surface area contributed by atoms with Crippen molar-refractivity contribution in [2.24, 2.45) is 11.1 Å². The molecule has 0 aromatic heterocycles. The molecule has 26 heavy (non-hydrogen) atoms. The average molecular weight is 431 g/mol. The standard InChI is InChI=1S/C19H25BrF2N2O2/c1-18(2,3)26-17(25)24-10-19(6-7-19)16(23)14(24)5-4-11-8-12(21)9-13(20)15(11)22/h8-9,14,16H,4-7,10,23H2,1-3H3/t14-,16+/m0/s1. The Kier molecular flexibility index (Phi) is 5.07. The van der Waals surface area contributed by atoms with Crippen molar-refractivity contribution in [2.75, 3.05) is 6.54 Å². The molecule has 2 N–H and O–H groups in total. The van der Waals surface area contributed by atoms with E-state index in [2.05, 4.69) is 15.9 Å². The van der Waals surface area contributed by atoms with Crippen molar-refractivity contribution >= 4 is 22.0 Å². The predicted molar refractivity (Wildman–Crippen MR) is 98.7 cm³/mol. The van der Waals surface area contributed by atoms with Gasteiger partial charge in [0.15, 0.2) is 0 Å². The predicted octanol–water partition coefficient (Wildman–Crippen LogP) is 4.39. The van der Waals surface area contributed by atoms with Crippen LogP contribution in [0.5, 0.6) is 0 Å². The fourth-order valence-electron chi connectivity index (χ4n) is 3.77. The second kappa shape index (κ2) is 6.75. The first-order valence-electron chi connectivity index (χ1n) is 8.91. The number of benzene rings is 1. The lowest BCUT2D eigenvalue weighted by molar-refractivity contribution is 0.0209. The van der Waals surface area contributed by atoms with E-state index in [4.69, 9.17) is 10.5 Å². The molecule has 0 unspecified atom stereocenters. The van der Waals surface area contributed by atoms with Crippen molar-refractivity contribution in [1.82, 2.24) is 4.90 Å². The van der Waals surface area contributed by atoms with Crippen LogP contribution in [-0.2, 0) is 11.2 Å². The summed E-state index contributed by atoms with van der Waals surface area (Å²) >= 11 is 3.03. The van der Waals surface area contributed by atoms with Crippen LogP contribution in [0.3, 0.4) is 0 Å². The Hall–Kier alpha value is -1.21. The third-order valence-electron chi connectivity index (χ3n) is 5.31. The Morgan fingerprint density at radius 3 is 2.62 bits per heavy atom. The molecule has 1 heterocycles. The number of amides is 1. The molecule has 2 aliphatic rings. The average Bonchev–Trinajstić information content (AvgIpc) is 3.23. The van der Waals surface area contributed by atoms with Gasteiger partial charge in [0.05, 0.1) is 10.5 Å². The molecule has 2 fully saturated rings. The molecule has 1 saturated heterocycles. The first-order valence-corrected chi connectivity index (χ1v) is 9.70. The van der Waals surface area contributed by atoms with E-state index in [9.17, 15) is 13.6 Å². The van der Waals surface area contributed by atoms with Crippen molar-refractivity contribution in [1.29, 1.82) is 0 Å². The molecular formula is C19H25BrF2N2O2. The van der Waals surface area contributed by atoms with E-state index in [1.165, 1.54) is 6.07 Å². The molecule has 1 saturated carbocycles. The molecule has 1 aromatic rings. The first-order chi connectivity index (χ1) is 12.0. The number of aryl methyl sites for hydroxylation is 1. The monoisotopic (exact) mass is 430 g/mol. The number of carbonyl (C=O) groups is 1. The van der Waals surface area contributed by atoms with E-state index >= 15 is 0 Å². The van der Waals surface area contributed by atoms with Crippen molar-refractivity contribution in [3.8, 4) is 0 Å². The quantitative estimate of drug-likeness (QED) is 0.723. The number of nitrogens with zero attached hydrogens (tertiary/aromatic N) is 1. The summed E-state index contributed by atoms with van der Waals surface area (Å²) in [5.74, 6) is -0.963. The second-order valence-corrected chi connectivity index (χ2v) is 9.32. The Morgan fingerprint density at radius 2 is 2.04 bits per heavy atom. The number of carbonyl (C=O) groups excluding carboxylic acids is 1. The normalized spacial score (nSPS) is 24.2. The summed E-state index contributed by atoms with van der Waals surface area (Å²) in [6, 6.07) is 1.89. The van der Waals surface area contributed by atoms with Crippen molar-refractivity contribution < 1.29 is 18.3 Å². The van der Waals surface area contributed by atoms with Gasteiger partial charge in [-0.15, -0.1) is 0 Å². The molecule has 1 aliphatic carbocycles. The summed E-state index contributed by atoms with van der Waals surface area (Å²) in [6.45, 7) is 6.04. The fraction of sp³-hybridized carbons (Fsp3) is 0.632. The highest BCUT2D eigenvalue weighted by atomic mass is 79.9. The van der Waals surface area contributed by atoms with Crippen molar-refractivity contribution in [2.45, 2.75) is 64.1 Å². The van der Waals surface area contributed by atoms with Crippen LogP contribution in [0.4, 0.5) is 13.6 Å². The maximum atomic E-state index is 14.2. The number of halogens is 3. The van der Waals surface area contributed by atoms with Gasteiger partial charge in [-0.2, -0.15) is 0 Å². The van der Waals surface area contributed by atoms with Crippen LogP contribution in [0.2, 0.25) is 0 Å². The SMILES string of the molecule is CC(C)(C)OC(=O)N1CC2(CC2)[C@H](N)[C@@H]1CCc1cc(F)cc(Br)c1F. The Labute approximate surface area is 161 Å². The van der Waals surface area contributed by atoms with Crippen LogP contribution in [-0.4, -0.2) is 35.2 Å².